The minimum absolute atomic E-state index is 0.124. The van der Waals surface area contributed by atoms with Gasteiger partial charge in [-0.25, -0.2) is 4.98 Å². The largest absolute Gasteiger partial charge is 0.279 e. The molecule has 2 aromatic rings. The summed E-state index contributed by atoms with van der Waals surface area (Å²) in [6, 6.07) is 5.15. The van der Waals surface area contributed by atoms with Gasteiger partial charge in [-0.1, -0.05) is 28.1 Å². The minimum atomic E-state index is -0.353. The van der Waals surface area contributed by atoms with Gasteiger partial charge in [0.15, 0.2) is 0 Å². The molecule has 0 amide bonds. The summed E-state index contributed by atoms with van der Waals surface area (Å²) in [7, 11) is 0. The smallest absolute Gasteiger partial charge is 0.258 e. The number of hydrogen-bond donors (Lipinski definition) is 0. The molecule has 0 unspecified atom stereocenters. The van der Waals surface area contributed by atoms with Gasteiger partial charge in [0.05, 0.1) is 10.5 Å². The van der Waals surface area contributed by atoms with Crippen LogP contribution in [0.2, 0.25) is 0 Å². The second-order valence-corrected chi connectivity index (χ2v) is 5.03. The number of hydrogen-bond acceptors (Lipinski definition) is 4. The van der Waals surface area contributed by atoms with Gasteiger partial charge in [-0.15, -0.1) is 11.3 Å². The summed E-state index contributed by atoms with van der Waals surface area (Å²) in [5, 5.41) is 14.3. The van der Waals surface area contributed by atoms with Crippen LogP contribution in [0, 0.1) is 10.1 Å². The number of alkyl halides is 1. The van der Waals surface area contributed by atoms with Crippen LogP contribution in [0.4, 0.5) is 5.69 Å². The van der Waals surface area contributed by atoms with Crippen molar-refractivity contribution in [3.05, 3.63) is 45.5 Å². The molecule has 17 heavy (non-hydrogen) atoms. The third kappa shape index (κ3) is 2.53. The van der Waals surface area contributed by atoms with Crippen molar-refractivity contribution in [1.29, 1.82) is 0 Å². The summed E-state index contributed by atoms with van der Waals surface area (Å²) in [4.78, 5) is 14.9. The first-order valence-corrected chi connectivity index (χ1v) is 6.96. The third-order valence-electron chi connectivity index (χ3n) is 2.34. The van der Waals surface area contributed by atoms with E-state index in [1.54, 1.807) is 12.3 Å². The quantitative estimate of drug-likeness (QED) is 0.492. The van der Waals surface area contributed by atoms with E-state index < -0.39 is 0 Å². The average Bonchev–Trinajstić information content (AvgIpc) is 2.82. The molecule has 1 aromatic carbocycles. The average molecular weight is 313 g/mol. The van der Waals surface area contributed by atoms with Gasteiger partial charge in [-0.05, 0) is 12.0 Å². The van der Waals surface area contributed by atoms with Gasteiger partial charge >= 0.3 is 0 Å². The Morgan fingerprint density at radius 1 is 1.47 bits per heavy atom. The summed E-state index contributed by atoms with van der Waals surface area (Å²) >= 11 is 4.78. The maximum Gasteiger partial charge on any atom is 0.279 e. The van der Waals surface area contributed by atoms with Crippen molar-refractivity contribution in [2.75, 3.05) is 5.33 Å². The Kier molecular flexibility index (Phi) is 3.86. The van der Waals surface area contributed by atoms with Crippen molar-refractivity contribution in [3.8, 4) is 10.6 Å². The molecule has 1 heterocycles. The first kappa shape index (κ1) is 12.2. The molecule has 1 aromatic heterocycles. The highest BCUT2D eigenvalue weighted by Gasteiger charge is 2.20. The topological polar surface area (TPSA) is 56.0 Å². The second-order valence-electron chi connectivity index (χ2n) is 3.34. The molecular weight excluding hydrogens is 304 g/mol. The van der Waals surface area contributed by atoms with Crippen molar-refractivity contribution < 1.29 is 4.92 Å². The van der Waals surface area contributed by atoms with Crippen molar-refractivity contribution >= 4 is 33.0 Å². The van der Waals surface area contributed by atoms with Crippen LogP contribution in [-0.4, -0.2) is 15.2 Å². The molecule has 0 spiro atoms. The van der Waals surface area contributed by atoms with Crippen LogP contribution in [0.3, 0.4) is 0 Å². The van der Waals surface area contributed by atoms with Crippen LogP contribution in [0.15, 0.2) is 29.8 Å². The zero-order chi connectivity index (χ0) is 12.3. The Bertz CT molecular complexity index is 528. The fraction of sp³-hybridized carbons (Fsp3) is 0.182. The summed E-state index contributed by atoms with van der Waals surface area (Å²) in [6.07, 6.45) is 2.41. The van der Waals surface area contributed by atoms with E-state index in [2.05, 4.69) is 20.9 Å². The molecule has 0 bridgehead atoms. The number of nitro benzene ring substituents is 1. The Balaban J connectivity index is 2.62. The van der Waals surface area contributed by atoms with Crippen LogP contribution < -0.4 is 0 Å². The fourth-order valence-corrected chi connectivity index (χ4v) is 2.80. The monoisotopic (exact) mass is 312 g/mol. The van der Waals surface area contributed by atoms with Crippen LogP contribution >= 0.6 is 27.3 Å². The number of halogens is 1. The molecule has 0 aliphatic carbocycles. The normalized spacial score (nSPS) is 10.4. The highest BCUT2D eigenvalue weighted by atomic mass is 79.9. The molecule has 4 nitrogen and oxygen atoms in total. The summed E-state index contributed by atoms with van der Waals surface area (Å²) in [6.45, 7) is 0. The number of aromatic nitrogens is 1. The van der Waals surface area contributed by atoms with Crippen LogP contribution in [-0.2, 0) is 6.42 Å². The Hall–Kier alpha value is -1.27. The summed E-state index contributed by atoms with van der Waals surface area (Å²) < 4.78 is 0. The highest BCUT2D eigenvalue weighted by molar-refractivity contribution is 9.09. The fourth-order valence-electron chi connectivity index (χ4n) is 1.64. The lowest BCUT2D eigenvalue weighted by Crippen LogP contribution is -1.97. The number of nitro groups is 1. The van der Waals surface area contributed by atoms with Gasteiger partial charge in [0.25, 0.3) is 5.69 Å². The van der Waals surface area contributed by atoms with E-state index in [0.717, 1.165) is 17.3 Å². The zero-order valence-electron chi connectivity index (χ0n) is 8.80. The van der Waals surface area contributed by atoms with Gasteiger partial charge in [0.1, 0.15) is 5.01 Å². The molecule has 2 rings (SSSR count). The summed E-state index contributed by atoms with van der Waals surface area (Å²) in [5.41, 5.74) is 1.72. The Morgan fingerprint density at radius 3 is 2.88 bits per heavy atom. The molecule has 0 fully saturated rings. The third-order valence-corrected chi connectivity index (χ3v) is 3.52. The van der Waals surface area contributed by atoms with Gasteiger partial charge in [-0.2, -0.15) is 0 Å². The Morgan fingerprint density at radius 2 is 2.29 bits per heavy atom. The highest BCUT2D eigenvalue weighted by Crippen LogP contribution is 2.34. The van der Waals surface area contributed by atoms with E-state index in [1.165, 1.54) is 17.4 Å². The Labute approximate surface area is 111 Å². The standard InChI is InChI=1S/C11H9BrN2O2S/c12-5-4-8-2-1-3-9(14(15)16)10(8)11-13-6-7-17-11/h1-3,6-7H,4-5H2. The van der Waals surface area contributed by atoms with Crippen molar-refractivity contribution in [2.45, 2.75) is 6.42 Å². The van der Waals surface area contributed by atoms with E-state index in [0.29, 0.717) is 10.6 Å². The predicted octanol–water partition coefficient (Wildman–Crippen LogP) is 3.66. The first-order valence-electron chi connectivity index (χ1n) is 4.96. The van der Waals surface area contributed by atoms with Crippen molar-refractivity contribution in [1.82, 2.24) is 4.98 Å². The summed E-state index contributed by atoms with van der Waals surface area (Å²) in [5.74, 6) is 0. The lowest BCUT2D eigenvalue weighted by Gasteiger charge is -2.06. The molecule has 88 valence electrons. The van der Waals surface area contributed by atoms with Gasteiger partial charge in [0.2, 0.25) is 0 Å². The molecular formula is C11H9BrN2O2S. The van der Waals surface area contributed by atoms with Gasteiger partial charge in [0, 0.05) is 23.0 Å². The zero-order valence-corrected chi connectivity index (χ0v) is 11.2. The molecule has 0 aliphatic heterocycles. The molecule has 0 aliphatic rings. The molecule has 0 saturated heterocycles. The van der Waals surface area contributed by atoms with Crippen LogP contribution in [0.5, 0.6) is 0 Å². The van der Waals surface area contributed by atoms with Crippen molar-refractivity contribution in [3.63, 3.8) is 0 Å². The van der Waals surface area contributed by atoms with E-state index in [9.17, 15) is 10.1 Å². The van der Waals surface area contributed by atoms with Crippen molar-refractivity contribution in [2.24, 2.45) is 0 Å². The molecule has 0 radical (unpaired) electrons. The second kappa shape index (κ2) is 5.37. The number of aryl methyl sites for hydroxylation is 1. The van der Waals surface area contributed by atoms with Gasteiger partial charge < -0.3 is 0 Å². The lowest BCUT2D eigenvalue weighted by molar-refractivity contribution is -0.384. The van der Waals surface area contributed by atoms with Gasteiger partial charge in [-0.3, -0.25) is 10.1 Å². The van der Waals surface area contributed by atoms with E-state index >= 15 is 0 Å². The molecule has 0 N–H and O–H groups in total. The lowest BCUT2D eigenvalue weighted by atomic mass is 10.0. The van der Waals surface area contributed by atoms with E-state index in [1.807, 2.05) is 11.4 Å². The number of benzene rings is 1. The first-order chi connectivity index (χ1) is 8.24. The maximum atomic E-state index is 11.0. The number of thiazole rings is 1. The van der Waals surface area contributed by atoms with E-state index in [4.69, 9.17) is 0 Å². The molecule has 0 atom stereocenters. The number of nitrogens with zero attached hydrogens (tertiary/aromatic N) is 2. The molecule has 0 saturated carbocycles. The number of rotatable bonds is 4. The SMILES string of the molecule is O=[N+]([O-])c1cccc(CCBr)c1-c1nccs1. The minimum Gasteiger partial charge on any atom is -0.258 e. The van der Waals surface area contributed by atoms with Crippen LogP contribution in [0.25, 0.3) is 10.6 Å². The van der Waals surface area contributed by atoms with E-state index in [-0.39, 0.29) is 10.6 Å². The molecule has 6 heteroatoms. The predicted molar refractivity (Wildman–Crippen MR) is 71.7 cm³/mol. The maximum absolute atomic E-state index is 11.0. The van der Waals surface area contributed by atoms with Crippen LogP contribution in [0.1, 0.15) is 5.56 Å².